The van der Waals surface area contributed by atoms with Gasteiger partial charge in [-0.3, -0.25) is 4.84 Å². The number of aliphatic carboxylic acids is 1. The van der Waals surface area contributed by atoms with Gasteiger partial charge in [-0.15, -0.1) is 0 Å². The van der Waals surface area contributed by atoms with Gasteiger partial charge >= 0.3 is 11.8 Å². The summed E-state index contributed by atoms with van der Waals surface area (Å²) in [5.74, 6) is 3.71. The molecule has 0 aliphatic carbocycles. The maximum absolute atomic E-state index is 11.3. The van der Waals surface area contributed by atoms with Crippen LogP contribution < -0.4 is 15.4 Å². The Morgan fingerprint density at radius 3 is 1.96 bits per heavy atom. The fraction of sp³-hybridized carbons (Fsp3) is 0.0952. The largest absolute Gasteiger partial charge is 0.479 e. The summed E-state index contributed by atoms with van der Waals surface area (Å²) in [4.78, 5) is 15.9. The van der Waals surface area contributed by atoms with E-state index in [9.17, 15) is 9.90 Å². The Kier molecular flexibility index (Phi) is 4.27. The Labute approximate surface area is 155 Å². The minimum Gasteiger partial charge on any atom is -0.479 e. The first-order valence-corrected chi connectivity index (χ1v) is 8.35. The minimum atomic E-state index is -1.29. The van der Waals surface area contributed by atoms with Gasteiger partial charge in [0.05, 0.1) is 0 Å². The molecular formula is C21H17NO5. The van der Waals surface area contributed by atoms with Gasteiger partial charge in [-0.1, -0.05) is 66.7 Å². The van der Waals surface area contributed by atoms with Gasteiger partial charge in [-0.2, -0.15) is 0 Å². The van der Waals surface area contributed by atoms with Gasteiger partial charge in [-0.05, 0) is 17.7 Å². The topological polar surface area (TPSA) is 91.0 Å². The normalized spacial score (nSPS) is 15.3. The smallest absolute Gasteiger partial charge is 0.339 e. The molecule has 27 heavy (non-hydrogen) atoms. The molecule has 3 aromatic rings. The summed E-state index contributed by atoms with van der Waals surface area (Å²) in [5.41, 5.74) is 2.00. The van der Waals surface area contributed by atoms with Crippen LogP contribution in [0, 0.1) is 0 Å². The van der Waals surface area contributed by atoms with Gasteiger partial charge < -0.3 is 14.6 Å². The summed E-state index contributed by atoms with van der Waals surface area (Å²) >= 11 is 0. The average molecular weight is 363 g/mol. The Balaban J connectivity index is 1.80. The second-order valence-electron chi connectivity index (χ2n) is 6.11. The van der Waals surface area contributed by atoms with Gasteiger partial charge in [0.15, 0.2) is 11.5 Å². The van der Waals surface area contributed by atoms with Crippen molar-refractivity contribution < 1.29 is 24.2 Å². The first kappa shape index (κ1) is 17.1. The van der Waals surface area contributed by atoms with E-state index in [1.165, 1.54) is 0 Å². The van der Waals surface area contributed by atoms with Crippen LogP contribution in [-0.4, -0.2) is 11.1 Å². The van der Waals surface area contributed by atoms with E-state index in [4.69, 9.17) is 15.4 Å². The number of nitrogens with two attached hydrogens (primary N) is 1. The van der Waals surface area contributed by atoms with Crippen molar-refractivity contribution in [2.45, 2.75) is 11.9 Å². The molecule has 0 radical (unpaired) electrons. The van der Waals surface area contributed by atoms with E-state index in [2.05, 4.69) is 4.84 Å². The quantitative estimate of drug-likeness (QED) is 0.676. The third-order valence-electron chi connectivity index (χ3n) is 4.45. The van der Waals surface area contributed by atoms with E-state index in [0.717, 1.165) is 11.1 Å². The Bertz CT molecular complexity index is 919. The van der Waals surface area contributed by atoms with E-state index in [1.54, 1.807) is 18.2 Å². The van der Waals surface area contributed by atoms with Crippen LogP contribution in [0.4, 0.5) is 0 Å². The maximum atomic E-state index is 11.3. The molecule has 0 unspecified atom stereocenters. The Morgan fingerprint density at radius 2 is 1.44 bits per heavy atom. The monoisotopic (exact) mass is 363 g/mol. The minimum absolute atomic E-state index is 0.365. The lowest BCUT2D eigenvalue weighted by Crippen LogP contribution is -2.36. The fourth-order valence-corrected chi connectivity index (χ4v) is 3.18. The van der Waals surface area contributed by atoms with Crippen LogP contribution in [0.3, 0.4) is 0 Å². The van der Waals surface area contributed by atoms with Gasteiger partial charge in [0.2, 0.25) is 6.10 Å². The molecule has 0 fully saturated rings. The summed E-state index contributed by atoms with van der Waals surface area (Å²) in [6, 6.07) is 24.0. The van der Waals surface area contributed by atoms with Gasteiger partial charge in [-0.25, -0.2) is 10.7 Å². The molecule has 3 N–H and O–H groups in total. The highest BCUT2D eigenvalue weighted by atomic mass is 16.7. The van der Waals surface area contributed by atoms with Crippen molar-refractivity contribution in [2.24, 2.45) is 5.90 Å². The second kappa shape index (κ2) is 6.75. The highest BCUT2D eigenvalue weighted by molar-refractivity contribution is 5.75. The molecule has 1 atom stereocenters. The predicted molar refractivity (Wildman–Crippen MR) is 97.0 cm³/mol. The van der Waals surface area contributed by atoms with E-state index in [1.807, 2.05) is 60.7 Å². The number of ether oxygens (including phenoxy) is 2. The number of carbonyl (C=O) groups is 1. The zero-order valence-electron chi connectivity index (χ0n) is 14.2. The number of rotatable bonds is 5. The SMILES string of the molecule is NO[C@H](C(=O)O)c1ccc2c(c1)OC(c1ccccc1)(c1ccccc1)O2. The van der Waals surface area contributed by atoms with Gasteiger partial charge in [0.1, 0.15) is 0 Å². The molecule has 6 nitrogen and oxygen atoms in total. The second-order valence-corrected chi connectivity index (χ2v) is 6.11. The molecule has 0 spiro atoms. The summed E-state index contributed by atoms with van der Waals surface area (Å²) in [7, 11) is 0. The van der Waals surface area contributed by atoms with Crippen molar-refractivity contribution in [3.8, 4) is 11.5 Å². The molecule has 6 heteroatoms. The fourth-order valence-electron chi connectivity index (χ4n) is 3.18. The first-order valence-electron chi connectivity index (χ1n) is 8.35. The number of carboxylic acid groups (broad SMARTS) is 1. The summed E-state index contributed by atoms with van der Waals surface area (Å²) in [6.45, 7) is 0. The van der Waals surface area contributed by atoms with Crippen LogP contribution in [0.25, 0.3) is 0 Å². The molecule has 4 rings (SSSR count). The van der Waals surface area contributed by atoms with Crippen molar-refractivity contribution >= 4 is 5.97 Å². The molecule has 1 aliphatic rings. The molecule has 3 aromatic carbocycles. The molecule has 1 aliphatic heterocycles. The van der Waals surface area contributed by atoms with Crippen LogP contribution >= 0.6 is 0 Å². The summed E-state index contributed by atoms with van der Waals surface area (Å²) in [6.07, 6.45) is -1.29. The zero-order valence-corrected chi connectivity index (χ0v) is 14.2. The highest BCUT2D eigenvalue weighted by Crippen LogP contribution is 2.48. The third-order valence-corrected chi connectivity index (χ3v) is 4.45. The van der Waals surface area contributed by atoms with Gasteiger partial charge in [0, 0.05) is 11.1 Å². The molecule has 0 saturated carbocycles. The molecule has 0 aromatic heterocycles. The molecule has 0 amide bonds. The molecule has 0 bridgehead atoms. The van der Waals surface area contributed by atoms with Crippen LogP contribution in [0.1, 0.15) is 22.8 Å². The number of carboxylic acids is 1. The van der Waals surface area contributed by atoms with Crippen molar-refractivity contribution in [2.75, 3.05) is 0 Å². The van der Waals surface area contributed by atoms with E-state index < -0.39 is 17.9 Å². The lowest BCUT2D eigenvalue weighted by atomic mass is 9.97. The van der Waals surface area contributed by atoms with Crippen LogP contribution in [-0.2, 0) is 15.4 Å². The molecular weight excluding hydrogens is 346 g/mol. The lowest BCUT2D eigenvalue weighted by Gasteiger charge is -2.28. The van der Waals surface area contributed by atoms with Crippen LogP contribution in [0.5, 0.6) is 11.5 Å². The molecule has 1 heterocycles. The summed E-state index contributed by atoms with van der Waals surface area (Å²) < 4.78 is 12.5. The van der Waals surface area contributed by atoms with Crippen molar-refractivity contribution in [3.63, 3.8) is 0 Å². The first-order chi connectivity index (χ1) is 13.1. The Morgan fingerprint density at radius 1 is 0.889 bits per heavy atom. The lowest BCUT2D eigenvalue weighted by molar-refractivity contribution is -0.151. The number of benzene rings is 3. The van der Waals surface area contributed by atoms with Crippen molar-refractivity contribution in [3.05, 3.63) is 95.6 Å². The average Bonchev–Trinajstić information content (AvgIpc) is 3.10. The molecule has 0 saturated heterocycles. The zero-order chi connectivity index (χ0) is 18.9. The predicted octanol–water partition coefficient (Wildman–Crippen LogP) is 3.38. The molecule has 136 valence electrons. The summed E-state index contributed by atoms with van der Waals surface area (Å²) in [5, 5.41) is 9.26. The maximum Gasteiger partial charge on any atom is 0.339 e. The van der Waals surface area contributed by atoms with E-state index >= 15 is 0 Å². The highest BCUT2D eigenvalue weighted by Gasteiger charge is 2.45. The van der Waals surface area contributed by atoms with Crippen molar-refractivity contribution in [1.29, 1.82) is 0 Å². The van der Waals surface area contributed by atoms with Crippen LogP contribution in [0.2, 0.25) is 0 Å². The standard InChI is InChI=1S/C21H17NO5/c22-27-19(20(23)24)14-11-12-17-18(13-14)26-21(25-17,15-7-3-1-4-8-15)16-9-5-2-6-10-16/h1-13,19H,22H2,(H,23,24)/t19-/m0/s1. The van der Waals surface area contributed by atoms with E-state index in [-0.39, 0.29) is 0 Å². The number of fused-ring (bicyclic) bond motifs is 1. The number of hydrogen-bond donors (Lipinski definition) is 2. The van der Waals surface area contributed by atoms with E-state index in [0.29, 0.717) is 17.1 Å². The van der Waals surface area contributed by atoms with Gasteiger partial charge in [0.25, 0.3) is 0 Å². The Hall–Kier alpha value is -3.35. The third kappa shape index (κ3) is 2.91. The van der Waals surface area contributed by atoms with Crippen molar-refractivity contribution in [1.82, 2.24) is 0 Å². The number of hydrogen-bond acceptors (Lipinski definition) is 5. The van der Waals surface area contributed by atoms with Crippen LogP contribution in [0.15, 0.2) is 78.9 Å².